The number of rotatable bonds is 8. The minimum atomic E-state index is -0.0298. The van der Waals surface area contributed by atoms with E-state index in [2.05, 4.69) is 12.2 Å². The van der Waals surface area contributed by atoms with Crippen LogP contribution >= 0.6 is 12.2 Å². The number of hydrogen-bond donors (Lipinski definition) is 2. The van der Waals surface area contributed by atoms with E-state index in [9.17, 15) is 4.79 Å². The fraction of sp³-hybridized carbons (Fsp3) is 0.467. The molecular weight excluding hydrogens is 272 g/mol. The Bertz CT molecular complexity index is 463. The summed E-state index contributed by atoms with van der Waals surface area (Å²) in [6, 6.07) is 7.22. The van der Waals surface area contributed by atoms with Crippen LogP contribution in [0.15, 0.2) is 24.3 Å². The highest BCUT2D eigenvalue weighted by Gasteiger charge is 2.05. The standard InChI is InChI=1S/C15H22N2O2S/c1-3-11(2)19-9-5-8-14(18)17-13-7-4-6-12(10-13)15(16)20/h4,6-7,10-11H,3,5,8-9H2,1-2H3,(H2,16,20)(H,17,18). The topological polar surface area (TPSA) is 64.3 Å². The number of nitrogens with one attached hydrogen (secondary N) is 1. The van der Waals surface area contributed by atoms with Crippen LogP contribution < -0.4 is 11.1 Å². The summed E-state index contributed by atoms with van der Waals surface area (Å²) >= 11 is 4.91. The molecule has 1 aromatic rings. The molecule has 1 atom stereocenters. The highest BCUT2D eigenvalue weighted by atomic mass is 32.1. The van der Waals surface area contributed by atoms with Crippen LogP contribution in [0.25, 0.3) is 0 Å². The summed E-state index contributed by atoms with van der Waals surface area (Å²) in [5, 5.41) is 2.83. The minimum absolute atomic E-state index is 0.0298. The first-order chi connectivity index (χ1) is 9.52. The quantitative estimate of drug-likeness (QED) is 0.571. The van der Waals surface area contributed by atoms with Crippen molar-refractivity contribution >= 4 is 28.8 Å². The van der Waals surface area contributed by atoms with E-state index in [1.165, 1.54) is 0 Å². The number of benzene rings is 1. The third-order valence-electron chi connectivity index (χ3n) is 2.96. The Kier molecular flexibility index (Phi) is 7.18. The molecule has 0 saturated carbocycles. The second-order valence-corrected chi connectivity index (χ2v) is 5.13. The largest absolute Gasteiger partial charge is 0.389 e. The van der Waals surface area contributed by atoms with Crippen LogP contribution in [0.4, 0.5) is 5.69 Å². The Morgan fingerprint density at radius 3 is 2.90 bits per heavy atom. The Morgan fingerprint density at radius 2 is 2.25 bits per heavy atom. The lowest BCUT2D eigenvalue weighted by Gasteiger charge is -2.10. The molecule has 0 aliphatic rings. The molecule has 0 radical (unpaired) electrons. The molecule has 20 heavy (non-hydrogen) atoms. The van der Waals surface area contributed by atoms with Crippen molar-refractivity contribution in [2.24, 2.45) is 5.73 Å². The highest BCUT2D eigenvalue weighted by molar-refractivity contribution is 7.80. The lowest BCUT2D eigenvalue weighted by molar-refractivity contribution is -0.116. The molecule has 0 aliphatic carbocycles. The van der Waals surface area contributed by atoms with E-state index in [0.717, 1.165) is 12.0 Å². The zero-order valence-corrected chi connectivity index (χ0v) is 12.8. The molecule has 0 saturated heterocycles. The third-order valence-corrected chi connectivity index (χ3v) is 3.19. The smallest absolute Gasteiger partial charge is 0.224 e. The van der Waals surface area contributed by atoms with Gasteiger partial charge in [0, 0.05) is 24.3 Å². The maximum Gasteiger partial charge on any atom is 0.224 e. The molecule has 5 heteroatoms. The molecule has 110 valence electrons. The van der Waals surface area contributed by atoms with Gasteiger partial charge in [-0.1, -0.05) is 31.3 Å². The van der Waals surface area contributed by atoms with Crippen molar-refractivity contribution in [1.29, 1.82) is 0 Å². The van der Waals surface area contributed by atoms with Crippen LogP contribution in [0, 0.1) is 0 Å². The van der Waals surface area contributed by atoms with Crippen LogP contribution in [0.5, 0.6) is 0 Å². The van der Waals surface area contributed by atoms with Crippen molar-refractivity contribution in [3.63, 3.8) is 0 Å². The average molecular weight is 294 g/mol. The van der Waals surface area contributed by atoms with E-state index < -0.39 is 0 Å². The van der Waals surface area contributed by atoms with Gasteiger partial charge in [0.2, 0.25) is 5.91 Å². The molecule has 1 unspecified atom stereocenters. The first-order valence-corrected chi connectivity index (χ1v) is 7.25. The van der Waals surface area contributed by atoms with Crippen LogP contribution in [0.3, 0.4) is 0 Å². The molecule has 0 aliphatic heterocycles. The fourth-order valence-electron chi connectivity index (χ4n) is 1.61. The van der Waals surface area contributed by atoms with Crippen molar-refractivity contribution in [3.05, 3.63) is 29.8 Å². The SMILES string of the molecule is CCC(C)OCCCC(=O)Nc1cccc(C(N)=S)c1. The van der Waals surface area contributed by atoms with Crippen molar-refractivity contribution in [3.8, 4) is 0 Å². The molecule has 4 nitrogen and oxygen atoms in total. The lowest BCUT2D eigenvalue weighted by atomic mass is 10.2. The average Bonchev–Trinajstić information content (AvgIpc) is 2.43. The maximum atomic E-state index is 11.8. The maximum absolute atomic E-state index is 11.8. The molecular formula is C15H22N2O2S. The van der Waals surface area contributed by atoms with Crippen molar-refractivity contribution in [2.75, 3.05) is 11.9 Å². The van der Waals surface area contributed by atoms with E-state index >= 15 is 0 Å². The molecule has 1 aromatic carbocycles. The predicted molar refractivity (Wildman–Crippen MR) is 85.9 cm³/mol. The molecule has 1 amide bonds. The van der Waals surface area contributed by atoms with Gasteiger partial charge < -0.3 is 15.8 Å². The number of nitrogens with two attached hydrogens (primary N) is 1. The molecule has 0 aromatic heterocycles. The van der Waals surface area contributed by atoms with E-state index in [0.29, 0.717) is 30.1 Å². The summed E-state index contributed by atoms with van der Waals surface area (Å²) in [4.78, 5) is 12.1. The van der Waals surface area contributed by atoms with Gasteiger partial charge in [0.25, 0.3) is 0 Å². The van der Waals surface area contributed by atoms with Gasteiger partial charge in [0.15, 0.2) is 0 Å². The number of hydrogen-bond acceptors (Lipinski definition) is 3. The Hall–Kier alpha value is -1.46. The van der Waals surface area contributed by atoms with Crippen molar-refractivity contribution in [1.82, 2.24) is 0 Å². The molecule has 0 bridgehead atoms. The Labute approximate surface area is 125 Å². The second kappa shape index (κ2) is 8.66. The minimum Gasteiger partial charge on any atom is -0.389 e. The Morgan fingerprint density at radius 1 is 1.50 bits per heavy atom. The number of ether oxygens (including phenoxy) is 1. The number of anilines is 1. The number of thiocarbonyl (C=S) groups is 1. The van der Waals surface area contributed by atoms with Gasteiger partial charge in [-0.05, 0) is 31.9 Å². The van der Waals surface area contributed by atoms with E-state index in [-0.39, 0.29) is 12.0 Å². The Balaban J connectivity index is 2.35. The number of carbonyl (C=O) groups excluding carboxylic acids is 1. The normalized spacial score (nSPS) is 11.9. The zero-order valence-electron chi connectivity index (χ0n) is 12.0. The molecule has 0 heterocycles. The van der Waals surface area contributed by atoms with Gasteiger partial charge >= 0.3 is 0 Å². The fourth-order valence-corrected chi connectivity index (χ4v) is 1.74. The van der Waals surface area contributed by atoms with Gasteiger partial charge in [-0.3, -0.25) is 4.79 Å². The van der Waals surface area contributed by atoms with Crippen LogP contribution in [0.1, 0.15) is 38.7 Å². The van der Waals surface area contributed by atoms with Crippen molar-refractivity contribution in [2.45, 2.75) is 39.2 Å². The molecule has 3 N–H and O–H groups in total. The third kappa shape index (κ3) is 6.12. The summed E-state index contributed by atoms with van der Waals surface area (Å²) in [6.45, 7) is 4.71. The molecule has 1 rings (SSSR count). The van der Waals surface area contributed by atoms with Gasteiger partial charge in [0.1, 0.15) is 4.99 Å². The van der Waals surface area contributed by atoms with Crippen LogP contribution in [-0.4, -0.2) is 23.6 Å². The van der Waals surface area contributed by atoms with Crippen LogP contribution in [-0.2, 0) is 9.53 Å². The van der Waals surface area contributed by atoms with Crippen LogP contribution in [0.2, 0.25) is 0 Å². The van der Waals surface area contributed by atoms with E-state index in [4.69, 9.17) is 22.7 Å². The lowest BCUT2D eigenvalue weighted by Crippen LogP contribution is -2.15. The van der Waals surface area contributed by atoms with Gasteiger partial charge in [-0.25, -0.2) is 0 Å². The summed E-state index contributed by atoms with van der Waals surface area (Å²) < 4.78 is 5.53. The molecule has 0 spiro atoms. The monoisotopic (exact) mass is 294 g/mol. The van der Waals surface area contributed by atoms with Crippen molar-refractivity contribution < 1.29 is 9.53 Å². The van der Waals surface area contributed by atoms with Gasteiger partial charge in [-0.2, -0.15) is 0 Å². The van der Waals surface area contributed by atoms with Gasteiger partial charge in [-0.15, -0.1) is 0 Å². The first-order valence-electron chi connectivity index (χ1n) is 6.84. The zero-order chi connectivity index (χ0) is 15.0. The summed E-state index contributed by atoms with van der Waals surface area (Å²) in [7, 11) is 0. The molecule has 0 fully saturated rings. The number of amides is 1. The van der Waals surface area contributed by atoms with E-state index in [1.807, 2.05) is 25.1 Å². The predicted octanol–water partition coefficient (Wildman–Crippen LogP) is 2.85. The first kappa shape index (κ1) is 16.6. The summed E-state index contributed by atoms with van der Waals surface area (Å²) in [5.74, 6) is -0.0298. The number of carbonyl (C=O) groups is 1. The van der Waals surface area contributed by atoms with E-state index in [1.54, 1.807) is 6.07 Å². The second-order valence-electron chi connectivity index (χ2n) is 4.69. The summed E-state index contributed by atoms with van der Waals surface area (Å²) in [5.41, 5.74) is 7.01. The van der Waals surface area contributed by atoms with Gasteiger partial charge in [0.05, 0.1) is 6.10 Å². The highest BCUT2D eigenvalue weighted by Crippen LogP contribution is 2.11. The summed E-state index contributed by atoms with van der Waals surface area (Å²) in [6.07, 6.45) is 2.39.